The third-order valence-electron chi connectivity index (χ3n) is 5.13. The maximum absolute atomic E-state index is 9.27. The molecule has 2 saturated heterocycles. The van der Waals surface area contributed by atoms with E-state index in [0.29, 0.717) is 23.9 Å². The van der Waals surface area contributed by atoms with Crippen molar-refractivity contribution in [3.8, 4) is 0 Å². The molecule has 0 saturated carbocycles. The molecule has 0 spiro atoms. The summed E-state index contributed by atoms with van der Waals surface area (Å²) in [6.07, 6.45) is 4.67. The van der Waals surface area contributed by atoms with E-state index in [1.54, 1.807) is 0 Å². The smallest absolute Gasteiger partial charge is 0.0472 e. The van der Waals surface area contributed by atoms with Gasteiger partial charge in [-0.2, -0.15) is 0 Å². The molecule has 0 radical (unpaired) electrons. The molecule has 2 heterocycles. The Kier molecular flexibility index (Phi) is 6.93. The molecular weight excluding hydrogens is 264 g/mol. The molecule has 2 aliphatic heterocycles. The van der Waals surface area contributed by atoms with Gasteiger partial charge in [-0.05, 0) is 62.6 Å². The summed E-state index contributed by atoms with van der Waals surface area (Å²) in [6, 6.07) is 0. The van der Waals surface area contributed by atoms with Crippen LogP contribution in [0.4, 0.5) is 0 Å². The molecule has 0 aromatic rings. The lowest BCUT2D eigenvalue weighted by atomic mass is 9.78. The second kappa shape index (κ2) is 8.47. The number of ether oxygens (including phenoxy) is 1. The minimum Gasteiger partial charge on any atom is -0.396 e. The summed E-state index contributed by atoms with van der Waals surface area (Å²) in [5.74, 6) is 1.24. The first kappa shape index (κ1) is 17.2. The fourth-order valence-corrected chi connectivity index (χ4v) is 3.62. The first-order chi connectivity index (χ1) is 10.1. The highest BCUT2D eigenvalue weighted by Gasteiger charge is 2.35. The summed E-state index contributed by atoms with van der Waals surface area (Å²) in [6.45, 7) is 12.4. The molecule has 0 bridgehead atoms. The summed E-state index contributed by atoms with van der Waals surface area (Å²) in [5.41, 5.74) is 0.388. The predicted octanol–water partition coefficient (Wildman–Crippen LogP) is 1.73. The van der Waals surface area contributed by atoms with Crippen molar-refractivity contribution >= 4 is 0 Å². The largest absolute Gasteiger partial charge is 0.396 e. The Balaban J connectivity index is 1.84. The number of nitrogens with one attached hydrogen (secondary N) is 1. The zero-order valence-electron chi connectivity index (χ0n) is 13.9. The Bertz CT molecular complexity index is 283. The molecule has 2 fully saturated rings. The van der Waals surface area contributed by atoms with Crippen molar-refractivity contribution in [2.75, 3.05) is 52.5 Å². The number of nitrogens with zero attached hydrogens (tertiary/aromatic N) is 1. The molecule has 0 amide bonds. The lowest BCUT2D eigenvalue weighted by molar-refractivity contribution is -0.0114. The van der Waals surface area contributed by atoms with E-state index in [2.05, 4.69) is 24.1 Å². The van der Waals surface area contributed by atoms with Gasteiger partial charge < -0.3 is 20.1 Å². The zero-order valence-corrected chi connectivity index (χ0v) is 13.9. The molecule has 4 nitrogen and oxygen atoms in total. The van der Waals surface area contributed by atoms with Crippen LogP contribution in [0.3, 0.4) is 0 Å². The fourth-order valence-electron chi connectivity index (χ4n) is 3.62. The number of aliphatic hydroxyl groups is 1. The van der Waals surface area contributed by atoms with Gasteiger partial charge in [-0.25, -0.2) is 0 Å². The summed E-state index contributed by atoms with van der Waals surface area (Å²) in [5, 5.41) is 13.0. The molecule has 0 aliphatic carbocycles. The Morgan fingerprint density at radius 1 is 1.24 bits per heavy atom. The Morgan fingerprint density at radius 3 is 2.48 bits per heavy atom. The predicted molar refractivity (Wildman–Crippen MR) is 86.4 cm³/mol. The first-order valence-electron chi connectivity index (χ1n) is 8.75. The van der Waals surface area contributed by atoms with Crippen LogP contribution in [0.1, 0.15) is 39.5 Å². The summed E-state index contributed by atoms with van der Waals surface area (Å²) < 4.78 is 5.60. The van der Waals surface area contributed by atoms with Crippen molar-refractivity contribution in [2.45, 2.75) is 39.5 Å². The normalized spacial score (nSPS) is 24.6. The van der Waals surface area contributed by atoms with E-state index in [-0.39, 0.29) is 0 Å². The molecule has 124 valence electrons. The maximum Gasteiger partial charge on any atom is 0.0472 e. The van der Waals surface area contributed by atoms with Crippen molar-refractivity contribution in [3.05, 3.63) is 0 Å². The highest BCUT2D eigenvalue weighted by atomic mass is 16.5. The van der Waals surface area contributed by atoms with Crippen LogP contribution in [-0.2, 0) is 4.74 Å². The highest BCUT2D eigenvalue weighted by molar-refractivity contribution is 4.88. The Hall–Kier alpha value is -0.160. The molecule has 4 heteroatoms. The molecule has 2 N–H and O–H groups in total. The van der Waals surface area contributed by atoms with Crippen LogP contribution in [0.5, 0.6) is 0 Å². The molecule has 2 aliphatic rings. The second-order valence-corrected chi connectivity index (χ2v) is 7.54. The van der Waals surface area contributed by atoms with Gasteiger partial charge >= 0.3 is 0 Å². The van der Waals surface area contributed by atoms with E-state index in [4.69, 9.17) is 4.74 Å². The average Bonchev–Trinajstić information content (AvgIpc) is 2.48. The van der Waals surface area contributed by atoms with Gasteiger partial charge in [-0.15, -0.1) is 0 Å². The van der Waals surface area contributed by atoms with Gasteiger partial charge in [0.1, 0.15) is 0 Å². The topological polar surface area (TPSA) is 44.7 Å². The molecular formula is C17H34N2O2. The quantitative estimate of drug-likeness (QED) is 0.751. The van der Waals surface area contributed by atoms with Gasteiger partial charge in [0.15, 0.2) is 0 Å². The maximum atomic E-state index is 9.27. The number of hydrogen-bond acceptors (Lipinski definition) is 4. The summed E-state index contributed by atoms with van der Waals surface area (Å²) in [4.78, 5) is 2.62. The number of rotatable bonds is 7. The van der Waals surface area contributed by atoms with Crippen molar-refractivity contribution in [3.63, 3.8) is 0 Å². The van der Waals surface area contributed by atoms with Crippen LogP contribution >= 0.6 is 0 Å². The Labute approximate surface area is 130 Å². The van der Waals surface area contributed by atoms with Crippen LogP contribution < -0.4 is 5.32 Å². The van der Waals surface area contributed by atoms with E-state index in [1.165, 1.54) is 19.4 Å². The minimum atomic E-state index is 0.364. The Morgan fingerprint density at radius 2 is 1.90 bits per heavy atom. The molecule has 0 aromatic heterocycles. The van der Waals surface area contributed by atoms with Crippen LogP contribution in [0.25, 0.3) is 0 Å². The third-order valence-corrected chi connectivity index (χ3v) is 5.13. The first-order valence-corrected chi connectivity index (χ1v) is 8.75. The fraction of sp³-hybridized carbons (Fsp3) is 1.00. The van der Waals surface area contributed by atoms with Gasteiger partial charge in [0.2, 0.25) is 0 Å². The monoisotopic (exact) mass is 298 g/mol. The van der Waals surface area contributed by atoms with Crippen LogP contribution in [0.2, 0.25) is 0 Å². The van der Waals surface area contributed by atoms with Gasteiger partial charge in [0.25, 0.3) is 0 Å². The SMILES string of the molecule is CC(C)CNCC1(CN2CCC(CO)CC2)CCOCC1. The number of piperidine rings is 1. The summed E-state index contributed by atoms with van der Waals surface area (Å²) >= 11 is 0. The van der Waals surface area contributed by atoms with Crippen LogP contribution in [0, 0.1) is 17.3 Å². The second-order valence-electron chi connectivity index (χ2n) is 7.54. The standard InChI is InChI=1S/C17H34N2O2/c1-15(2)11-18-13-17(5-9-21-10-6-17)14-19-7-3-16(12-20)4-8-19/h15-16,18,20H,3-14H2,1-2H3. The van der Waals surface area contributed by atoms with Crippen LogP contribution in [0.15, 0.2) is 0 Å². The van der Waals surface area contributed by atoms with E-state index < -0.39 is 0 Å². The lowest BCUT2D eigenvalue weighted by Gasteiger charge is -2.43. The van der Waals surface area contributed by atoms with Crippen molar-refractivity contribution in [1.82, 2.24) is 10.2 Å². The van der Waals surface area contributed by atoms with Gasteiger partial charge in [0, 0.05) is 32.9 Å². The van der Waals surface area contributed by atoms with Crippen LogP contribution in [-0.4, -0.2) is 62.6 Å². The van der Waals surface area contributed by atoms with E-state index in [1.807, 2.05) is 0 Å². The minimum absolute atomic E-state index is 0.364. The van der Waals surface area contributed by atoms with Crippen molar-refractivity contribution in [2.24, 2.45) is 17.3 Å². The van der Waals surface area contributed by atoms with Crippen molar-refractivity contribution < 1.29 is 9.84 Å². The van der Waals surface area contributed by atoms with Gasteiger partial charge in [0.05, 0.1) is 0 Å². The molecule has 0 atom stereocenters. The molecule has 0 aromatic carbocycles. The number of likely N-dealkylation sites (tertiary alicyclic amines) is 1. The molecule has 0 unspecified atom stereocenters. The highest BCUT2D eigenvalue weighted by Crippen LogP contribution is 2.32. The van der Waals surface area contributed by atoms with Crippen molar-refractivity contribution in [1.29, 1.82) is 0 Å². The lowest BCUT2D eigenvalue weighted by Crippen LogP contribution is -2.49. The molecule has 21 heavy (non-hydrogen) atoms. The zero-order chi connectivity index (χ0) is 15.1. The third kappa shape index (κ3) is 5.51. The number of hydrogen-bond donors (Lipinski definition) is 2. The summed E-state index contributed by atoms with van der Waals surface area (Å²) in [7, 11) is 0. The average molecular weight is 298 g/mol. The van der Waals surface area contributed by atoms with E-state index in [0.717, 1.165) is 52.2 Å². The van der Waals surface area contributed by atoms with Gasteiger partial charge in [-0.1, -0.05) is 13.8 Å². The molecule has 2 rings (SSSR count). The number of aliphatic hydroxyl groups excluding tert-OH is 1. The van der Waals surface area contributed by atoms with E-state index in [9.17, 15) is 5.11 Å². The van der Waals surface area contributed by atoms with E-state index >= 15 is 0 Å². The van der Waals surface area contributed by atoms with Gasteiger partial charge in [-0.3, -0.25) is 0 Å².